The van der Waals surface area contributed by atoms with Crippen molar-refractivity contribution < 1.29 is 18.7 Å². The number of amides is 2. The number of hydrogen-bond donors (Lipinski definition) is 2. The summed E-state index contributed by atoms with van der Waals surface area (Å²) in [4.78, 5) is 30.9. The molecule has 2 heterocycles. The lowest BCUT2D eigenvalue weighted by Crippen LogP contribution is -2.14. The number of pyridine rings is 1. The van der Waals surface area contributed by atoms with E-state index in [0.717, 1.165) is 28.1 Å². The molecule has 200 valence electrons. The van der Waals surface area contributed by atoms with E-state index in [1.807, 2.05) is 32.1 Å². The highest BCUT2D eigenvalue weighted by Gasteiger charge is 2.15. The lowest BCUT2D eigenvalue weighted by Gasteiger charge is -2.09. The molecular formula is C29H33FN4O3S. The molecule has 1 aromatic carbocycles. The molecule has 2 amide bonds. The highest BCUT2D eigenvalue weighted by Crippen LogP contribution is 2.29. The van der Waals surface area contributed by atoms with Crippen LogP contribution < -0.4 is 15.8 Å². The van der Waals surface area contributed by atoms with Gasteiger partial charge in [-0.2, -0.15) is 0 Å². The van der Waals surface area contributed by atoms with Crippen LogP contribution in [0.25, 0.3) is 5.57 Å². The molecule has 0 saturated heterocycles. The highest BCUT2D eigenvalue weighted by molar-refractivity contribution is 7.15. The van der Waals surface area contributed by atoms with Crippen molar-refractivity contribution >= 4 is 34.4 Å². The van der Waals surface area contributed by atoms with E-state index >= 15 is 0 Å². The number of allylic oxidation sites excluding steroid dienone is 5. The monoisotopic (exact) mass is 536 g/mol. The van der Waals surface area contributed by atoms with Crippen LogP contribution >= 0.6 is 11.3 Å². The van der Waals surface area contributed by atoms with Gasteiger partial charge in [0.05, 0.1) is 12.1 Å². The van der Waals surface area contributed by atoms with Crippen LogP contribution in [-0.2, 0) is 16.0 Å². The number of carbonyl (C=O) groups excluding carboxylic acids is 2. The number of thiazole rings is 1. The Morgan fingerprint density at radius 1 is 1.32 bits per heavy atom. The van der Waals surface area contributed by atoms with E-state index in [2.05, 4.69) is 47.5 Å². The second-order valence-corrected chi connectivity index (χ2v) is 9.58. The minimum atomic E-state index is -0.556. The summed E-state index contributed by atoms with van der Waals surface area (Å²) >= 11 is 1.40. The second-order valence-electron chi connectivity index (χ2n) is 8.38. The van der Waals surface area contributed by atoms with Crippen LogP contribution in [0.5, 0.6) is 11.6 Å². The van der Waals surface area contributed by atoms with Crippen molar-refractivity contribution in [1.82, 2.24) is 9.97 Å². The van der Waals surface area contributed by atoms with Crippen molar-refractivity contribution in [3.05, 3.63) is 94.9 Å². The van der Waals surface area contributed by atoms with Crippen molar-refractivity contribution in [2.75, 3.05) is 5.32 Å². The molecule has 9 heteroatoms. The van der Waals surface area contributed by atoms with Crippen LogP contribution in [0, 0.1) is 25.6 Å². The second kappa shape index (κ2) is 15.2. The molecule has 0 aliphatic heterocycles. The summed E-state index contributed by atoms with van der Waals surface area (Å²) in [5.41, 5.74) is 7.25. The van der Waals surface area contributed by atoms with Crippen LogP contribution in [0.3, 0.4) is 0 Å². The van der Waals surface area contributed by atoms with Gasteiger partial charge in [0.1, 0.15) is 0 Å². The average molecular weight is 537 g/mol. The molecular weight excluding hydrogens is 503 g/mol. The number of benzene rings is 1. The van der Waals surface area contributed by atoms with Crippen LogP contribution in [0.1, 0.15) is 42.0 Å². The van der Waals surface area contributed by atoms with E-state index in [0.29, 0.717) is 22.5 Å². The first-order chi connectivity index (χ1) is 18.2. The number of aryl methyl sites for hydroxylation is 2. The maximum atomic E-state index is 14.6. The van der Waals surface area contributed by atoms with Crippen molar-refractivity contribution in [2.45, 2.75) is 40.5 Å². The first kappa shape index (κ1) is 30.1. The fourth-order valence-electron chi connectivity index (χ4n) is 3.23. The zero-order valence-corrected chi connectivity index (χ0v) is 22.8. The summed E-state index contributed by atoms with van der Waals surface area (Å²) in [7, 11) is 0. The Balaban J connectivity index is 0.00000161. The smallest absolute Gasteiger partial charge is 0.230 e. The van der Waals surface area contributed by atoms with Crippen molar-refractivity contribution in [3.8, 4) is 11.6 Å². The largest absolute Gasteiger partial charge is 0.436 e. The Kier molecular flexibility index (Phi) is 12.1. The zero-order valence-electron chi connectivity index (χ0n) is 22.0. The topological polar surface area (TPSA) is 107 Å². The Bertz CT molecular complexity index is 1320. The van der Waals surface area contributed by atoms with Crippen molar-refractivity contribution in [3.63, 3.8) is 0 Å². The van der Waals surface area contributed by atoms with E-state index in [1.54, 1.807) is 24.4 Å². The molecule has 0 bridgehead atoms. The van der Waals surface area contributed by atoms with Crippen LogP contribution in [0.4, 0.5) is 9.52 Å². The Morgan fingerprint density at radius 3 is 2.68 bits per heavy atom. The molecule has 3 aromatic rings. The molecule has 0 radical (unpaired) electrons. The normalized spacial score (nSPS) is 11.9. The summed E-state index contributed by atoms with van der Waals surface area (Å²) in [5, 5.41) is 3.33. The third-order valence-corrected chi connectivity index (χ3v) is 6.28. The number of hydrogen-bond acceptors (Lipinski definition) is 6. The minimum Gasteiger partial charge on any atom is -0.436 e. The fourth-order valence-corrected chi connectivity index (χ4v) is 4.08. The summed E-state index contributed by atoms with van der Waals surface area (Å²) in [6, 6.07) is 8.10. The van der Waals surface area contributed by atoms with Gasteiger partial charge < -0.3 is 15.8 Å². The van der Waals surface area contributed by atoms with E-state index in [-0.39, 0.29) is 24.5 Å². The number of primary amides is 1. The summed E-state index contributed by atoms with van der Waals surface area (Å²) in [6.45, 7) is 11.9. The number of carbonyl (C=O) groups is 2. The molecule has 1 atom stereocenters. The van der Waals surface area contributed by atoms with Gasteiger partial charge in [0.25, 0.3) is 0 Å². The molecule has 0 aliphatic rings. The molecule has 38 heavy (non-hydrogen) atoms. The first-order valence-corrected chi connectivity index (χ1v) is 12.9. The molecule has 7 nitrogen and oxygen atoms in total. The predicted octanol–water partition coefficient (Wildman–Crippen LogP) is 6.54. The molecule has 1 unspecified atom stereocenters. The predicted molar refractivity (Wildman–Crippen MR) is 152 cm³/mol. The van der Waals surface area contributed by atoms with Crippen molar-refractivity contribution in [1.29, 1.82) is 0 Å². The summed E-state index contributed by atoms with van der Waals surface area (Å²) in [5.74, 6) is 0.0219. The van der Waals surface area contributed by atoms with Gasteiger partial charge in [-0.25, -0.2) is 14.4 Å². The first-order valence-electron chi connectivity index (χ1n) is 12.0. The highest BCUT2D eigenvalue weighted by atomic mass is 32.1. The lowest BCUT2D eigenvalue weighted by molar-refractivity contribution is -0.115. The van der Waals surface area contributed by atoms with E-state index in [1.165, 1.54) is 23.5 Å². The Morgan fingerprint density at radius 2 is 2.05 bits per heavy atom. The molecule has 3 N–H and O–H groups in total. The Hall–Kier alpha value is -4.11. The maximum Gasteiger partial charge on any atom is 0.230 e. The number of rotatable bonds is 10. The van der Waals surface area contributed by atoms with Gasteiger partial charge in [-0.1, -0.05) is 63.3 Å². The van der Waals surface area contributed by atoms with E-state index < -0.39 is 5.82 Å². The maximum absolute atomic E-state index is 14.6. The quantitative estimate of drug-likeness (QED) is 0.226. The molecule has 0 fully saturated rings. The fraction of sp³-hybridized carbons (Fsp3) is 0.241. The van der Waals surface area contributed by atoms with Crippen molar-refractivity contribution in [2.24, 2.45) is 11.7 Å². The number of nitrogens with zero attached hydrogens (tertiary/aromatic N) is 2. The number of nitrogens with two attached hydrogens (primary N) is 1. The van der Waals surface area contributed by atoms with Gasteiger partial charge in [-0.3, -0.25) is 9.59 Å². The number of nitrogens with one attached hydrogen (secondary N) is 1. The number of ether oxygens (including phenoxy) is 1. The number of aromatic nitrogens is 2. The third kappa shape index (κ3) is 9.08. The minimum absolute atomic E-state index is 0.0110. The molecule has 0 spiro atoms. The molecule has 0 aliphatic carbocycles. The zero-order chi connectivity index (χ0) is 28.1. The van der Waals surface area contributed by atoms with Gasteiger partial charge in [0, 0.05) is 22.2 Å². The van der Waals surface area contributed by atoms with Gasteiger partial charge in [-0.15, -0.1) is 11.3 Å². The van der Waals surface area contributed by atoms with Crippen LogP contribution in [0.2, 0.25) is 0 Å². The standard InChI is InChI=1S/C28H30FN3O2S.CH3NO/c1-6-9-22(13-11-18(3)7-2)26-20(5)35-28(32-26)31-25(33)17-21-12-14-24(23(29)16-21)34-27-19(4)10-8-15-30-27;2-1-3/h6,8-16,18H,1,7,17H2,2-5H3,(H,31,32,33);1H,(H2,2,3)/b13-11-,22-9+;. The number of halogens is 1. The van der Waals surface area contributed by atoms with Gasteiger partial charge >= 0.3 is 0 Å². The Labute approximate surface area is 227 Å². The van der Waals surface area contributed by atoms with Gasteiger partial charge in [0.15, 0.2) is 16.7 Å². The molecule has 2 aromatic heterocycles. The summed E-state index contributed by atoms with van der Waals surface area (Å²) in [6.07, 6.45) is 10.7. The van der Waals surface area contributed by atoms with Crippen LogP contribution in [-0.4, -0.2) is 22.3 Å². The van der Waals surface area contributed by atoms with Gasteiger partial charge in [-0.05, 0) is 43.5 Å². The number of anilines is 1. The SMILES string of the molecule is C=C/C=C(\C=C/C(C)CC)c1nc(NC(=O)Cc2ccc(Oc3ncccc3C)c(F)c2)sc1C.NC=O. The van der Waals surface area contributed by atoms with Crippen LogP contribution in [0.15, 0.2) is 67.4 Å². The van der Waals surface area contributed by atoms with E-state index in [9.17, 15) is 9.18 Å². The van der Waals surface area contributed by atoms with E-state index in [4.69, 9.17) is 9.53 Å². The molecule has 0 saturated carbocycles. The van der Waals surface area contributed by atoms with Gasteiger partial charge in [0.2, 0.25) is 18.2 Å². The lowest BCUT2D eigenvalue weighted by atomic mass is 10.0. The molecule has 3 rings (SSSR count). The average Bonchev–Trinajstić information content (AvgIpc) is 3.24. The summed E-state index contributed by atoms with van der Waals surface area (Å²) < 4.78 is 20.2. The third-order valence-electron chi connectivity index (χ3n) is 5.39.